The summed E-state index contributed by atoms with van der Waals surface area (Å²) < 4.78 is 1.49. The number of hydrogen-bond donors (Lipinski definition) is 1. The Bertz CT molecular complexity index is 1350. The number of para-hydroxylation sites is 1. The van der Waals surface area contributed by atoms with Crippen molar-refractivity contribution in [2.24, 2.45) is 5.10 Å². The fourth-order valence-electron chi connectivity index (χ4n) is 2.98. The average molecular weight is 464 g/mol. The second kappa shape index (κ2) is 9.76. The van der Waals surface area contributed by atoms with Gasteiger partial charge in [-0.2, -0.15) is 5.10 Å². The molecule has 0 fully saturated rings. The van der Waals surface area contributed by atoms with Crippen LogP contribution in [0.2, 0.25) is 5.02 Å². The average Bonchev–Trinajstić information content (AvgIpc) is 2.82. The number of halogens is 1. The van der Waals surface area contributed by atoms with Crippen molar-refractivity contribution in [2.75, 3.05) is 5.75 Å². The first-order valence-corrected chi connectivity index (χ1v) is 11.0. The Labute approximate surface area is 193 Å². The predicted octanol–water partition coefficient (Wildman–Crippen LogP) is 4.07. The number of thioether (sulfide) groups is 1. The van der Waals surface area contributed by atoms with Crippen molar-refractivity contribution in [3.63, 3.8) is 0 Å². The van der Waals surface area contributed by atoms with Crippen molar-refractivity contribution in [3.05, 3.63) is 94.0 Å². The molecule has 7 nitrogen and oxygen atoms in total. The zero-order chi connectivity index (χ0) is 22.5. The molecule has 0 aliphatic rings. The number of nitrogens with one attached hydrogen (secondary N) is 1. The van der Waals surface area contributed by atoms with E-state index < -0.39 is 0 Å². The Balaban J connectivity index is 1.59. The molecule has 0 aliphatic carbocycles. The maximum Gasteiger partial charge on any atom is 0.266 e. The molecule has 2 heterocycles. The van der Waals surface area contributed by atoms with Gasteiger partial charge in [-0.3, -0.25) is 19.1 Å². The number of amides is 1. The molecule has 0 unspecified atom stereocenters. The van der Waals surface area contributed by atoms with Gasteiger partial charge in [-0.25, -0.2) is 10.4 Å². The maximum absolute atomic E-state index is 13.2. The van der Waals surface area contributed by atoms with E-state index in [1.807, 2.05) is 12.1 Å². The number of carbonyl (C=O) groups is 1. The van der Waals surface area contributed by atoms with E-state index in [0.717, 1.165) is 17.3 Å². The molecule has 0 saturated carbocycles. The van der Waals surface area contributed by atoms with Crippen LogP contribution in [-0.2, 0) is 4.79 Å². The molecule has 4 rings (SSSR count). The Morgan fingerprint density at radius 2 is 1.91 bits per heavy atom. The molecule has 2 aromatic carbocycles. The van der Waals surface area contributed by atoms with Gasteiger partial charge in [0.1, 0.15) is 0 Å². The molecule has 9 heteroatoms. The minimum Gasteiger partial charge on any atom is -0.272 e. The van der Waals surface area contributed by atoms with Crippen molar-refractivity contribution in [1.29, 1.82) is 0 Å². The number of hydrazone groups is 1. The molecule has 0 atom stereocenters. The molecule has 0 aliphatic heterocycles. The summed E-state index contributed by atoms with van der Waals surface area (Å²) in [6, 6.07) is 17.7. The van der Waals surface area contributed by atoms with Crippen molar-refractivity contribution in [2.45, 2.75) is 12.1 Å². The summed E-state index contributed by atoms with van der Waals surface area (Å²) in [4.78, 5) is 34.3. The van der Waals surface area contributed by atoms with Crippen LogP contribution in [0.3, 0.4) is 0 Å². The third kappa shape index (κ3) is 4.87. The SMILES string of the molecule is CC(=NNC(=O)CSc1nc2ccccc2c(=O)n1-c1ccc(Cl)cc1)c1cccnc1. The Hall–Kier alpha value is -3.49. The highest BCUT2D eigenvalue weighted by Crippen LogP contribution is 2.22. The fourth-order valence-corrected chi connectivity index (χ4v) is 3.91. The van der Waals surface area contributed by atoms with Gasteiger partial charge < -0.3 is 0 Å². The highest BCUT2D eigenvalue weighted by atomic mass is 35.5. The number of rotatable bonds is 6. The van der Waals surface area contributed by atoms with Crippen LogP contribution >= 0.6 is 23.4 Å². The van der Waals surface area contributed by atoms with Crippen LogP contribution in [0.5, 0.6) is 0 Å². The molecule has 0 bridgehead atoms. The zero-order valence-electron chi connectivity index (χ0n) is 17.0. The molecule has 4 aromatic rings. The van der Waals surface area contributed by atoms with E-state index >= 15 is 0 Å². The summed E-state index contributed by atoms with van der Waals surface area (Å²) >= 11 is 7.16. The van der Waals surface area contributed by atoms with Crippen LogP contribution in [-0.4, -0.2) is 31.9 Å². The van der Waals surface area contributed by atoms with Crippen LogP contribution in [0.25, 0.3) is 16.6 Å². The summed E-state index contributed by atoms with van der Waals surface area (Å²) in [6.07, 6.45) is 3.34. The number of nitrogens with zero attached hydrogens (tertiary/aromatic N) is 4. The van der Waals surface area contributed by atoms with Gasteiger partial charge >= 0.3 is 0 Å². The molecule has 0 spiro atoms. The minimum atomic E-state index is -0.316. The monoisotopic (exact) mass is 463 g/mol. The molecule has 0 radical (unpaired) electrons. The fraction of sp³-hybridized carbons (Fsp3) is 0.0870. The quantitative estimate of drug-likeness (QED) is 0.201. The smallest absolute Gasteiger partial charge is 0.266 e. The van der Waals surface area contributed by atoms with Crippen molar-refractivity contribution in [3.8, 4) is 5.69 Å². The molecular weight excluding hydrogens is 446 g/mol. The number of hydrogen-bond acceptors (Lipinski definition) is 6. The van der Waals surface area contributed by atoms with Gasteiger partial charge in [-0.05, 0) is 49.4 Å². The lowest BCUT2D eigenvalue weighted by molar-refractivity contribution is -0.118. The lowest BCUT2D eigenvalue weighted by atomic mass is 10.2. The second-order valence-corrected chi connectivity index (χ2v) is 8.17. The van der Waals surface area contributed by atoms with Gasteiger partial charge in [0.2, 0.25) is 0 Å². The molecule has 0 saturated heterocycles. The Morgan fingerprint density at radius 1 is 1.12 bits per heavy atom. The summed E-state index contributed by atoms with van der Waals surface area (Å²) in [5.74, 6) is -0.286. The predicted molar refractivity (Wildman–Crippen MR) is 128 cm³/mol. The van der Waals surface area contributed by atoms with Crippen LogP contribution < -0.4 is 11.0 Å². The molecule has 1 N–H and O–H groups in total. The topological polar surface area (TPSA) is 89.2 Å². The molecule has 1 amide bonds. The first-order chi connectivity index (χ1) is 15.5. The van der Waals surface area contributed by atoms with Gasteiger partial charge in [0.05, 0.1) is 28.1 Å². The van der Waals surface area contributed by atoms with Crippen LogP contribution in [0.1, 0.15) is 12.5 Å². The summed E-state index contributed by atoms with van der Waals surface area (Å²) in [6.45, 7) is 1.79. The van der Waals surface area contributed by atoms with E-state index in [9.17, 15) is 9.59 Å². The Morgan fingerprint density at radius 3 is 2.66 bits per heavy atom. The molecular formula is C23H18ClN5O2S. The highest BCUT2D eigenvalue weighted by molar-refractivity contribution is 7.99. The standard InChI is InChI=1S/C23H18ClN5O2S/c1-15(16-5-4-12-25-13-16)27-28-21(30)14-32-23-26-20-7-3-2-6-19(20)22(31)29(23)18-10-8-17(24)9-11-18/h2-13H,14H2,1H3,(H,28,30). The number of fused-ring (bicyclic) bond motifs is 1. The van der Waals surface area contributed by atoms with Gasteiger partial charge in [-0.15, -0.1) is 0 Å². The van der Waals surface area contributed by atoms with E-state index in [2.05, 4.69) is 20.5 Å². The van der Waals surface area contributed by atoms with Crippen LogP contribution in [0, 0.1) is 0 Å². The third-order valence-electron chi connectivity index (χ3n) is 4.59. The number of benzene rings is 2. The van der Waals surface area contributed by atoms with Crippen LogP contribution in [0.4, 0.5) is 0 Å². The van der Waals surface area contributed by atoms with E-state index in [1.54, 1.807) is 67.8 Å². The third-order valence-corrected chi connectivity index (χ3v) is 5.78. The number of carbonyl (C=O) groups excluding carboxylic acids is 1. The lowest BCUT2D eigenvalue weighted by Crippen LogP contribution is -2.24. The maximum atomic E-state index is 13.2. The van der Waals surface area contributed by atoms with Gasteiger partial charge in [0.25, 0.3) is 11.5 Å². The Kier molecular flexibility index (Phi) is 6.63. The van der Waals surface area contributed by atoms with Crippen molar-refractivity contribution >= 4 is 45.9 Å². The van der Waals surface area contributed by atoms with Crippen molar-refractivity contribution < 1.29 is 4.79 Å². The largest absolute Gasteiger partial charge is 0.272 e. The zero-order valence-corrected chi connectivity index (χ0v) is 18.6. The highest BCUT2D eigenvalue weighted by Gasteiger charge is 2.15. The molecule has 2 aromatic heterocycles. The summed E-state index contributed by atoms with van der Waals surface area (Å²) in [7, 11) is 0. The minimum absolute atomic E-state index is 0.0300. The van der Waals surface area contributed by atoms with Gasteiger partial charge in [0.15, 0.2) is 5.16 Å². The molecule has 160 valence electrons. The van der Waals surface area contributed by atoms with Gasteiger partial charge in [-0.1, -0.05) is 41.6 Å². The molecule has 32 heavy (non-hydrogen) atoms. The van der Waals surface area contributed by atoms with E-state index in [1.165, 1.54) is 4.57 Å². The normalized spacial score (nSPS) is 11.5. The van der Waals surface area contributed by atoms with Gasteiger partial charge in [0, 0.05) is 23.0 Å². The summed E-state index contributed by atoms with van der Waals surface area (Å²) in [5, 5.41) is 5.58. The van der Waals surface area contributed by atoms with E-state index in [0.29, 0.717) is 32.5 Å². The van der Waals surface area contributed by atoms with Crippen LogP contribution in [0.15, 0.2) is 88.1 Å². The lowest BCUT2D eigenvalue weighted by Gasteiger charge is -2.13. The van der Waals surface area contributed by atoms with E-state index in [-0.39, 0.29) is 17.2 Å². The second-order valence-electron chi connectivity index (χ2n) is 6.79. The van der Waals surface area contributed by atoms with Crippen molar-refractivity contribution in [1.82, 2.24) is 20.0 Å². The first kappa shape index (κ1) is 21.7. The number of aromatic nitrogens is 3. The summed E-state index contributed by atoms with van der Waals surface area (Å²) in [5.41, 5.74) is 4.95. The first-order valence-electron chi connectivity index (χ1n) is 9.67. The van der Waals surface area contributed by atoms with E-state index in [4.69, 9.17) is 11.6 Å². The number of pyridine rings is 1.